The smallest absolute Gasteiger partial charge is 0.162 e. The first kappa shape index (κ1) is 22.9. The van der Waals surface area contributed by atoms with E-state index in [-0.39, 0.29) is 0 Å². The summed E-state index contributed by atoms with van der Waals surface area (Å²) in [4.78, 5) is 9.38. The van der Waals surface area contributed by atoms with Crippen LogP contribution in [0.4, 0.5) is 0 Å². The number of aryl methyl sites for hydroxylation is 1. The van der Waals surface area contributed by atoms with Crippen LogP contribution in [0.2, 0.25) is 0 Å². The zero-order valence-corrected chi connectivity index (χ0v) is 16.3. The van der Waals surface area contributed by atoms with E-state index in [1.54, 1.807) is 6.20 Å². The summed E-state index contributed by atoms with van der Waals surface area (Å²) in [5.41, 5.74) is 1.22. The Morgan fingerprint density at radius 3 is 2.61 bits per heavy atom. The Balaban J connectivity index is 1.68. The second-order valence-electron chi connectivity index (χ2n) is 6.91. The Labute approximate surface area is 166 Å². The van der Waals surface area contributed by atoms with E-state index in [9.17, 15) is 20.4 Å². The van der Waals surface area contributed by atoms with Crippen molar-refractivity contribution in [3.8, 4) is 0 Å². The average molecular weight is 396 g/mol. The number of nitrogens with zero attached hydrogens (tertiary/aromatic N) is 2. The maximum atomic E-state index is 10.2. The van der Waals surface area contributed by atoms with Gasteiger partial charge in [-0.3, -0.25) is 9.82 Å². The highest BCUT2D eigenvalue weighted by Gasteiger charge is 2.45. The van der Waals surface area contributed by atoms with Crippen LogP contribution in [0.3, 0.4) is 0 Å². The molecule has 5 unspecified atom stereocenters. The number of ether oxygens (including phenoxy) is 1. The molecule has 1 fully saturated rings. The van der Waals surface area contributed by atoms with Crippen molar-refractivity contribution in [2.45, 2.75) is 62.7 Å². The summed E-state index contributed by atoms with van der Waals surface area (Å²) >= 11 is 0. The van der Waals surface area contributed by atoms with Gasteiger partial charge in [0.2, 0.25) is 0 Å². The molecule has 8 heteroatoms. The molecule has 2 heterocycles. The third-order valence-electron chi connectivity index (χ3n) is 4.87. The van der Waals surface area contributed by atoms with Gasteiger partial charge in [-0.1, -0.05) is 18.2 Å². The third kappa shape index (κ3) is 6.59. The summed E-state index contributed by atoms with van der Waals surface area (Å²) in [7, 11) is 1.46. The average Bonchev–Trinajstić information content (AvgIpc) is 2.72. The summed E-state index contributed by atoms with van der Waals surface area (Å²) in [6.45, 7) is 0.0333. The lowest BCUT2D eigenvalue weighted by molar-refractivity contribution is -0.328. The Morgan fingerprint density at radius 2 is 1.93 bits per heavy atom. The maximum Gasteiger partial charge on any atom is 0.162 e. The van der Waals surface area contributed by atoms with E-state index in [0.717, 1.165) is 32.1 Å². The summed E-state index contributed by atoms with van der Waals surface area (Å²) < 4.78 is 5.51. The highest BCUT2D eigenvalue weighted by Crippen LogP contribution is 2.24. The van der Waals surface area contributed by atoms with Crippen molar-refractivity contribution in [3.05, 3.63) is 42.2 Å². The number of hydrogen-bond donors (Lipinski definition) is 4. The van der Waals surface area contributed by atoms with Gasteiger partial charge in [-0.15, -0.1) is 0 Å². The number of hydroxylamine groups is 2. The van der Waals surface area contributed by atoms with Gasteiger partial charge in [-0.25, -0.2) is 0 Å². The van der Waals surface area contributed by atoms with Crippen LogP contribution in [0.15, 0.2) is 36.7 Å². The minimum atomic E-state index is -1.41. The van der Waals surface area contributed by atoms with Crippen LogP contribution in [0.1, 0.15) is 31.2 Å². The lowest BCUT2D eigenvalue weighted by atomic mass is 9.98. The fourth-order valence-corrected chi connectivity index (χ4v) is 3.20. The fraction of sp³-hybridized carbons (Fsp3) is 0.650. The zero-order valence-electron chi connectivity index (χ0n) is 16.3. The highest BCUT2D eigenvalue weighted by atomic mass is 16.7. The Hall–Kier alpha value is -1.39. The number of rotatable bonds is 11. The van der Waals surface area contributed by atoms with Crippen LogP contribution in [0.25, 0.3) is 0 Å². The van der Waals surface area contributed by atoms with Crippen molar-refractivity contribution in [1.82, 2.24) is 10.0 Å². The van der Waals surface area contributed by atoms with Crippen molar-refractivity contribution in [1.29, 1.82) is 0 Å². The minimum Gasteiger partial charge on any atom is -0.394 e. The second kappa shape index (κ2) is 12.2. The topological polar surface area (TPSA) is 116 Å². The van der Waals surface area contributed by atoms with Crippen LogP contribution >= 0.6 is 0 Å². The molecule has 1 aliphatic heterocycles. The third-order valence-corrected chi connectivity index (χ3v) is 4.87. The summed E-state index contributed by atoms with van der Waals surface area (Å²) in [5.74, 6) is 0. The van der Waals surface area contributed by atoms with Gasteiger partial charge < -0.3 is 25.2 Å². The summed E-state index contributed by atoms with van der Waals surface area (Å²) in [5, 5.41) is 40.6. The van der Waals surface area contributed by atoms with E-state index in [1.807, 2.05) is 12.3 Å². The van der Waals surface area contributed by atoms with Gasteiger partial charge in [0.25, 0.3) is 0 Å². The van der Waals surface area contributed by atoms with Gasteiger partial charge in [0.1, 0.15) is 24.4 Å². The number of hydrogen-bond acceptors (Lipinski definition) is 8. The molecule has 28 heavy (non-hydrogen) atoms. The van der Waals surface area contributed by atoms with Gasteiger partial charge >= 0.3 is 0 Å². The molecule has 0 amide bonds. The molecular weight excluding hydrogens is 364 g/mol. The van der Waals surface area contributed by atoms with Gasteiger partial charge in [-0.2, -0.15) is 5.06 Å². The predicted octanol–water partition coefficient (Wildman–Crippen LogP) is 0.404. The van der Waals surface area contributed by atoms with E-state index >= 15 is 0 Å². The molecule has 0 aromatic carbocycles. The molecule has 1 aromatic rings. The minimum absolute atomic E-state index is 0.456. The van der Waals surface area contributed by atoms with Crippen LogP contribution in [0.5, 0.6) is 0 Å². The molecule has 1 aliphatic rings. The van der Waals surface area contributed by atoms with Crippen LogP contribution in [0, 0.1) is 0 Å². The monoisotopic (exact) mass is 396 g/mol. The van der Waals surface area contributed by atoms with Crippen molar-refractivity contribution >= 4 is 0 Å². The first-order valence-corrected chi connectivity index (χ1v) is 9.73. The van der Waals surface area contributed by atoms with Gasteiger partial charge in [0.05, 0.1) is 13.7 Å². The normalized spacial score (nSPS) is 28.3. The Kier molecular flexibility index (Phi) is 10.0. The standard InChI is InChI=1S/C20H32N2O6/c1-27-22(20-19(26)18(25)17(24)16(14-23)28-20)12-7-5-3-2-4-6-9-15-10-8-11-21-13-15/h2,4,8,10-11,13,16-20,23-26H,3,5-7,9,12,14H2,1H3. The van der Waals surface area contributed by atoms with Crippen molar-refractivity contribution in [2.75, 3.05) is 20.3 Å². The van der Waals surface area contributed by atoms with Crippen molar-refractivity contribution in [3.63, 3.8) is 0 Å². The number of aliphatic hydroxyl groups excluding tert-OH is 4. The largest absolute Gasteiger partial charge is 0.394 e. The maximum absolute atomic E-state index is 10.2. The fourth-order valence-electron chi connectivity index (χ4n) is 3.20. The van der Waals surface area contributed by atoms with Gasteiger partial charge in [0.15, 0.2) is 6.23 Å². The summed E-state index contributed by atoms with van der Waals surface area (Å²) in [6.07, 6.45) is 6.58. The molecular formula is C20H32N2O6. The lowest BCUT2D eigenvalue weighted by Crippen LogP contribution is -2.63. The molecule has 2 rings (SSSR count). The van der Waals surface area contributed by atoms with Crippen LogP contribution in [-0.4, -0.2) is 81.4 Å². The first-order valence-electron chi connectivity index (χ1n) is 9.73. The molecule has 1 aromatic heterocycles. The second-order valence-corrected chi connectivity index (χ2v) is 6.91. The van der Waals surface area contributed by atoms with E-state index in [0.29, 0.717) is 6.54 Å². The number of pyridine rings is 1. The highest BCUT2D eigenvalue weighted by molar-refractivity contribution is 5.09. The molecule has 1 saturated heterocycles. The molecule has 0 spiro atoms. The SMILES string of the molecule is CON(CCCCC=CCCc1cccnc1)C1OC(CO)C(O)C(O)C1O. The number of allylic oxidation sites excluding steroid dienone is 2. The van der Waals surface area contributed by atoms with Crippen LogP contribution in [-0.2, 0) is 16.0 Å². The van der Waals surface area contributed by atoms with E-state index in [4.69, 9.17) is 9.57 Å². The zero-order chi connectivity index (χ0) is 20.4. The quantitative estimate of drug-likeness (QED) is 0.241. The van der Waals surface area contributed by atoms with Crippen LogP contribution < -0.4 is 0 Å². The predicted molar refractivity (Wildman–Crippen MR) is 103 cm³/mol. The molecule has 0 aliphatic carbocycles. The van der Waals surface area contributed by atoms with E-state index in [1.165, 1.54) is 17.7 Å². The molecule has 0 saturated carbocycles. The molecule has 0 radical (unpaired) electrons. The number of aromatic nitrogens is 1. The molecule has 0 bridgehead atoms. The first-order chi connectivity index (χ1) is 13.6. The van der Waals surface area contributed by atoms with Gasteiger partial charge in [-0.05, 0) is 43.7 Å². The van der Waals surface area contributed by atoms with Crippen molar-refractivity contribution < 1.29 is 30.0 Å². The Bertz CT molecular complexity index is 571. The molecule has 5 atom stereocenters. The van der Waals surface area contributed by atoms with Gasteiger partial charge in [0, 0.05) is 18.9 Å². The molecule has 4 N–H and O–H groups in total. The summed E-state index contributed by atoms with van der Waals surface area (Å²) in [6, 6.07) is 4.01. The Morgan fingerprint density at radius 1 is 1.14 bits per heavy atom. The molecule has 8 nitrogen and oxygen atoms in total. The van der Waals surface area contributed by atoms with E-state index in [2.05, 4.69) is 23.2 Å². The van der Waals surface area contributed by atoms with E-state index < -0.39 is 37.3 Å². The number of aliphatic hydroxyl groups is 4. The lowest BCUT2D eigenvalue weighted by Gasteiger charge is -2.43. The van der Waals surface area contributed by atoms with Crippen molar-refractivity contribution in [2.24, 2.45) is 0 Å². The molecule has 158 valence electrons. The number of unbranched alkanes of at least 4 members (excludes halogenated alkanes) is 2.